The highest BCUT2D eigenvalue weighted by atomic mass is 35.5. The fourth-order valence-electron chi connectivity index (χ4n) is 3.37. The van der Waals surface area contributed by atoms with Gasteiger partial charge in [0.25, 0.3) is 0 Å². The Kier molecular flexibility index (Phi) is 4.07. The van der Waals surface area contributed by atoms with Crippen molar-refractivity contribution in [3.8, 4) is 11.3 Å². The molecule has 0 aliphatic carbocycles. The van der Waals surface area contributed by atoms with Crippen LogP contribution < -0.4 is 0 Å². The molecule has 5 nitrogen and oxygen atoms in total. The minimum absolute atomic E-state index is 0.429. The molecule has 0 spiro atoms. The number of fused-ring (bicyclic) bond motifs is 2. The van der Waals surface area contributed by atoms with Crippen LogP contribution in [0.5, 0.6) is 0 Å². The largest absolute Gasteiger partial charge is 0.340 e. The van der Waals surface area contributed by atoms with Gasteiger partial charge in [-0.3, -0.25) is 4.40 Å². The van der Waals surface area contributed by atoms with E-state index in [4.69, 9.17) is 28.2 Å². The number of pyridine rings is 2. The van der Waals surface area contributed by atoms with Crippen LogP contribution in [0.3, 0.4) is 0 Å². The Labute approximate surface area is 171 Å². The first-order valence-electron chi connectivity index (χ1n) is 8.81. The van der Waals surface area contributed by atoms with Crippen molar-refractivity contribution in [3.05, 3.63) is 82.0 Å². The highest BCUT2D eigenvalue weighted by molar-refractivity contribution is 6.33. The van der Waals surface area contributed by atoms with Crippen molar-refractivity contribution in [3.63, 3.8) is 0 Å². The number of hydrogen-bond acceptors (Lipinski definition) is 3. The zero-order valence-electron chi connectivity index (χ0n) is 14.9. The lowest BCUT2D eigenvalue weighted by atomic mass is 10.1. The molecular weight excluding hydrogens is 393 g/mol. The van der Waals surface area contributed by atoms with Gasteiger partial charge in [0.05, 0.1) is 21.9 Å². The van der Waals surface area contributed by atoms with Gasteiger partial charge in [-0.1, -0.05) is 41.4 Å². The van der Waals surface area contributed by atoms with Gasteiger partial charge < -0.3 is 4.98 Å². The predicted molar refractivity (Wildman–Crippen MR) is 112 cm³/mol. The van der Waals surface area contributed by atoms with Gasteiger partial charge in [0.1, 0.15) is 16.6 Å². The third kappa shape index (κ3) is 3.03. The van der Waals surface area contributed by atoms with Crippen molar-refractivity contribution in [2.45, 2.75) is 13.3 Å². The summed E-state index contributed by atoms with van der Waals surface area (Å²) in [6.07, 6.45) is 2.59. The number of aromatic amines is 1. The number of aryl methyl sites for hydroxylation is 1. The molecule has 0 saturated heterocycles. The van der Waals surface area contributed by atoms with Crippen LogP contribution in [-0.2, 0) is 6.42 Å². The van der Waals surface area contributed by atoms with Crippen LogP contribution in [0.1, 0.15) is 17.1 Å². The Morgan fingerprint density at radius 1 is 1.00 bits per heavy atom. The van der Waals surface area contributed by atoms with Crippen LogP contribution >= 0.6 is 23.2 Å². The van der Waals surface area contributed by atoms with Crippen molar-refractivity contribution in [2.75, 3.05) is 0 Å². The molecule has 0 aliphatic heterocycles. The van der Waals surface area contributed by atoms with E-state index >= 15 is 0 Å². The van der Waals surface area contributed by atoms with Crippen LogP contribution in [-0.4, -0.2) is 24.3 Å². The van der Waals surface area contributed by atoms with Crippen molar-refractivity contribution >= 4 is 40.0 Å². The molecule has 4 heterocycles. The molecule has 5 aromatic rings. The standard InChI is InChI=1S/C21H15Cl2N5/c1-12-5-6-14(15(22)9-12)17-3-2-4-20-24-13(11-28(17)20)10-19-25-16-7-8-18(23)26-21(16)27-19/h2-9,11H,10H2,1H3,(H,25,26,27). The number of aromatic nitrogens is 5. The summed E-state index contributed by atoms with van der Waals surface area (Å²) >= 11 is 12.4. The highest BCUT2D eigenvalue weighted by Gasteiger charge is 2.12. The van der Waals surface area contributed by atoms with Crippen LogP contribution in [0.25, 0.3) is 28.1 Å². The van der Waals surface area contributed by atoms with Gasteiger partial charge in [0, 0.05) is 18.2 Å². The van der Waals surface area contributed by atoms with E-state index in [2.05, 4.69) is 25.4 Å². The summed E-state index contributed by atoms with van der Waals surface area (Å²) in [6.45, 7) is 2.03. The van der Waals surface area contributed by atoms with E-state index in [1.165, 1.54) is 0 Å². The topological polar surface area (TPSA) is 58.9 Å². The molecule has 0 fully saturated rings. The first kappa shape index (κ1) is 17.2. The second-order valence-corrected chi connectivity index (χ2v) is 7.51. The first-order valence-corrected chi connectivity index (χ1v) is 9.57. The summed E-state index contributed by atoms with van der Waals surface area (Å²) in [5.41, 5.74) is 6.34. The number of halogens is 2. The Balaban J connectivity index is 1.56. The van der Waals surface area contributed by atoms with E-state index < -0.39 is 0 Å². The number of nitrogens with zero attached hydrogens (tertiary/aromatic N) is 4. The van der Waals surface area contributed by atoms with Crippen molar-refractivity contribution < 1.29 is 0 Å². The minimum Gasteiger partial charge on any atom is -0.340 e. The second-order valence-electron chi connectivity index (χ2n) is 6.72. The Morgan fingerprint density at radius 2 is 1.89 bits per heavy atom. The van der Waals surface area contributed by atoms with Crippen molar-refractivity contribution in [2.24, 2.45) is 0 Å². The summed E-state index contributed by atoms with van der Waals surface area (Å²) in [6, 6.07) is 15.7. The quantitative estimate of drug-likeness (QED) is 0.402. The first-order chi connectivity index (χ1) is 13.6. The van der Waals surface area contributed by atoms with E-state index in [1.54, 1.807) is 6.07 Å². The predicted octanol–water partition coefficient (Wildman–Crippen LogP) is 5.48. The lowest BCUT2D eigenvalue weighted by Gasteiger charge is -2.08. The Bertz CT molecular complexity index is 1340. The molecule has 0 bridgehead atoms. The zero-order chi connectivity index (χ0) is 19.3. The van der Waals surface area contributed by atoms with Gasteiger partial charge in [-0.2, -0.15) is 0 Å². The van der Waals surface area contributed by atoms with Gasteiger partial charge in [-0.05, 0) is 42.8 Å². The van der Waals surface area contributed by atoms with Crippen molar-refractivity contribution in [1.82, 2.24) is 24.3 Å². The van der Waals surface area contributed by atoms with Gasteiger partial charge in [0.15, 0.2) is 5.65 Å². The SMILES string of the molecule is Cc1ccc(-c2cccc3nc(Cc4nc5nc(Cl)ccc5[nH]4)cn23)c(Cl)c1. The van der Waals surface area contributed by atoms with E-state index in [1.807, 2.05) is 49.5 Å². The second kappa shape index (κ2) is 6.62. The molecule has 0 radical (unpaired) electrons. The highest BCUT2D eigenvalue weighted by Crippen LogP contribution is 2.29. The fourth-order valence-corrected chi connectivity index (χ4v) is 3.84. The van der Waals surface area contributed by atoms with E-state index in [0.717, 1.165) is 44.5 Å². The smallest absolute Gasteiger partial charge is 0.179 e. The lowest BCUT2D eigenvalue weighted by Crippen LogP contribution is -1.92. The van der Waals surface area contributed by atoms with E-state index in [0.29, 0.717) is 17.2 Å². The molecule has 0 aliphatic rings. The third-order valence-electron chi connectivity index (χ3n) is 4.65. The average molecular weight is 408 g/mol. The fraction of sp³-hybridized carbons (Fsp3) is 0.0952. The number of hydrogen-bond donors (Lipinski definition) is 1. The molecule has 0 amide bonds. The van der Waals surface area contributed by atoms with Gasteiger partial charge in [0.2, 0.25) is 0 Å². The number of imidazole rings is 2. The molecule has 4 aromatic heterocycles. The Hall–Kier alpha value is -2.89. The van der Waals surface area contributed by atoms with E-state index in [9.17, 15) is 0 Å². The molecule has 7 heteroatoms. The van der Waals surface area contributed by atoms with Gasteiger partial charge in [-0.25, -0.2) is 15.0 Å². The minimum atomic E-state index is 0.429. The number of benzene rings is 1. The van der Waals surface area contributed by atoms with Crippen LogP contribution in [0.15, 0.2) is 54.7 Å². The van der Waals surface area contributed by atoms with Crippen LogP contribution in [0, 0.1) is 6.92 Å². The van der Waals surface area contributed by atoms with Gasteiger partial charge >= 0.3 is 0 Å². The molecule has 0 saturated carbocycles. The average Bonchev–Trinajstić information content (AvgIpc) is 3.24. The van der Waals surface area contributed by atoms with Crippen molar-refractivity contribution in [1.29, 1.82) is 0 Å². The summed E-state index contributed by atoms with van der Waals surface area (Å²) in [5, 5.41) is 1.15. The summed E-state index contributed by atoms with van der Waals surface area (Å²) < 4.78 is 2.06. The van der Waals surface area contributed by atoms with Crippen LogP contribution in [0.4, 0.5) is 0 Å². The van der Waals surface area contributed by atoms with E-state index in [-0.39, 0.29) is 0 Å². The summed E-state index contributed by atoms with van der Waals surface area (Å²) in [7, 11) is 0. The summed E-state index contributed by atoms with van der Waals surface area (Å²) in [4.78, 5) is 16.8. The molecule has 138 valence electrons. The lowest BCUT2D eigenvalue weighted by molar-refractivity contribution is 1.00. The monoisotopic (exact) mass is 407 g/mol. The molecule has 5 rings (SSSR count). The molecule has 1 aromatic carbocycles. The van der Waals surface area contributed by atoms with Crippen LogP contribution in [0.2, 0.25) is 10.2 Å². The number of H-pyrrole nitrogens is 1. The van der Waals surface area contributed by atoms with Gasteiger partial charge in [-0.15, -0.1) is 0 Å². The maximum Gasteiger partial charge on any atom is 0.179 e. The normalized spacial score (nSPS) is 11.5. The maximum atomic E-state index is 6.49. The molecule has 28 heavy (non-hydrogen) atoms. The number of nitrogens with one attached hydrogen (secondary N) is 1. The third-order valence-corrected chi connectivity index (χ3v) is 5.18. The maximum absolute atomic E-state index is 6.49. The molecule has 0 atom stereocenters. The molecule has 1 N–H and O–H groups in total. The summed E-state index contributed by atoms with van der Waals surface area (Å²) in [5.74, 6) is 0.795. The number of rotatable bonds is 3. The molecule has 0 unspecified atom stereocenters. The zero-order valence-corrected chi connectivity index (χ0v) is 16.5. The molecular formula is C21H15Cl2N5. The Morgan fingerprint density at radius 3 is 2.75 bits per heavy atom.